The van der Waals surface area contributed by atoms with Gasteiger partial charge in [-0.15, -0.1) is 0 Å². The summed E-state index contributed by atoms with van der Waals surface area (Å²) in [6, 6.07) is 4.11. The lowest BCUT2D eigenvalue weighted by Gasteiger charge is -2.20. The van der Waals surface area contributed by atoms with E-state index in [1.165, 1.54) is 13.2 Å². The molecule has 1 aromatic carbocycles. The highest BCUT2D eigenvalue weighted by atomic mass is 19.1. The minimum Gasteiger partial charge on any atom is -0.494 e. The van der Waals surface area contributed by atoms with Gasteiger partial charge in [-0.2, -0.15) is 0 Å². The first-order valence-electron chi connectivity index (χ1n) is 7.50. The summed E-state index contributed by atoms with van der Waals surface area (Å²) in [6.45, 7) is 6.54. The van der Waals surface area contributed by atoms with E-state index in [2.05, 4.69) is 10.6 Å². The van der Waals surface area contributed by atoms with Crippen molar-refractivity contribution < 1.29 is 18.7 Å². The topological polar surface area (TPSA) is 70.7 Å². The molecule has 23 heavy (non-hydrogen) atoms. The highest BCUT2D eigenvalue weighted by Gasteiger charge is 2.14. The Bertz CT molecular complexity index is 549. The lowest BCUT2D eigenvalue weighted by molar-refractivity contribution is -0.121. The van der Waals surface area contributed by atoms with Gasteiger partial charge in [0.15, 0.2) is 11.6 Å². The number of benzene rings is 1. The van der Waals surface area contributed by atoms with E-state index in [0.717, 1.165) is 5.56 Å². The number of methoxy groups -OCH3 is 1. The molecule has 128 valence electrons. The zero-order chi connectivity index (χ0) is 17.4. The molecule has 0 atom stereocenters. The molecule has 0 aliphatic rings. The Kier molecular flexibility index (Phi) is 7.47. The van der Waals surface area contributed by atoms with Crippen LogP contribution in [0.5, 0.6) is 5.75 Å². The molecule has 0 aliphatic carbocycles. The van der Waals surface area contributed by atoms with Gasteiger partial charge >= 0.3 is 6.03 Å². The van der Waals surface area contributed by atoms with Crippen LogP contribution in [-0.2, 0) is 11.3 Å². The molecule has 0 saturated heterocycles. The van der Waals surface area contributed by atoms with Crippen molar-refractivity contribution in [2.45, 2.75) is 33.4 Å². The molecule has 7 heteroatoms. The standard InChI is InChI=1S/C16H24FN3O3/c1-5-20(10-15(21)19-16(22)18-11(2)3)9-12-6-7-14(23-4)13(17)8-12/h6-8,11H,5,9-10H2,1-4H3,(H2,18,19,21,22). The number of hydrogen-bond acceptors (Lipinski definition) is 4. The fourth-order valence-electron chi connectivity index (χ4n) is 2.01. The van der Waals surface area contributed by atoms with Crippen LogP contribution in [0.25, 0.3) is 0 Å². The summed E-state index contributed by atoms with van der Waals surface area (Å²) in [7, 11) is 1.41. The summed E-state index contributed by atoms with van der Waals surface area (Å²) in [5.74, 6) is -0.666. The van der Waals surface area contributed by atoms with Crippen molar-refractivity contribution in [3.63, 3.8) is 0 Å². The maximum absolute atomic E-state index is 13.7. The van der Waals surface area contributed by atoms with Crippen molar-refractivity contribution >= 4 is 11.9 Å². The molecule has 0 fully saturated rings. The summed E-state index contributed by atoms with van der Waals surface area (Å²) in [5.41, 5.74) is 0.726. The van der Waals surface area contributed by atoms with Crippen LogP contribution in [0.4, 0.5) is 9.18 Å². The van der Waals surface area contributed by atoms with Crippen LogP contribution in [0.1, 0.15) is 26.3 Å². The van der Waals surface area contributed by atoms with Gasteiger partial charge < -0.3 is 10.1 Å². The normalized spacial score (nSPS) is 10.7. The van der Waals surface area contributed by atoms with Gasteiger partial charge in [-0.1, -0.05) is 13.0 Å². The van der Waals surface area contributed by atoms with Gasteiger partial charge in [-0.25, -0.2) is 9.18 Å². The second-order valence-corrected chi connectivity index (χ2v) is 5.45. The van der Waals surface area contributed by atoms with Crippen LogP contribution in [-0.4, -0.2) is 43.1 Å². The van der Waals surface area contributed by atoms with Gasteiger partial charge in [-0.3, -0.25) is 15.0 Å². The number of carbonyl (C=O) groups excluding carboxylic acids is 2. The zero-order valence-electron chi connectivity index (χ0n) is 14.0. The summed E-state index contributed by atoms with van der Waals surface area (Å²) in [5, 5.41) is 4.85. The van der Waals surface area contributed by atoms with Crippen LogP contribution in [0.15, 0.2) is 18.2 Å². The average molecular weight is 325 g/mol. The van der Waals surface area contributed by atoms with Gasteiger partial charge in [0.05, 0.1) is 13.7 Å². The predicted octanol–water partition coefficient (Wildman–Crippen LogP) is 1.89. The molecule has 0 heterocycles. The molecule has 3 amide bonds. The van der Waals surface area contributed by atoms with Crippen molar-refractivity contribution in [1.29, 1.82) is 0 Å². The number of urea groups is 1. The van der Waals surface area contributed by atoms with E-state index in [-0.39, 0.29) is 18.3 Å². The van der Waals surface area contributed by atoms with Gasteiger partial charge in [0.25, 0.3) is 0 Å². The average Bonchev–Trinajstić information content (AvgIpc) is 2.45. The van der Waals surface area contributed by atoms with Gasteiger partial charge in [0.1, 0.15) is 0 Å². The van der Waals surface area contributed by atoms with Gasteiger partial charge in [0, 0.05) is 12.6 Å². The Morgan fingerprint density at radius 3 is 2.57 bits per heavy atom. The molecule has 0 saturated carbocycles. The number of rotatable bonds is 7. The van der Waals surface area contributed by atoms with E-state index in [9.17, 15) is 14.0 Å². The molecule has 0 spiro atoms. The van der Waals surface area contributed by atoms with Crippen LogP contribution in [0.3, 0.4) is 0 Å². The Morgan fingerprint density at radius 1 is 1.35 bits per heavy atom. The van der Waals surface area contributed by atoms with E-state index in [4.69, 9.17) is 4.74 Å². The number of nitrogens with one attached hydrogen (secondary N) is 2. The van der Waals surface area contributed by atoms with Crippen molar-refractivity contribution in [2.24, 2.45) is 0 Å². The minimum absolute atomic E-state index is 0.0487. The second kappa shape index (κ2) is 9.09. The molecular formula is C16H24FN3O3. The molecule has 0 radical (unpaired) electrons. The number of ether oxygens (including phenoxy) is 1. The number of halogens is 1. The Balaban J connectivity index is 2.58. The molecule has 0 aromatic heterocycles. The number of nitrogens with zero attached hydrogens (tertiary/aromatic N) is 1. The quantitative estimate of drug-likeness (QED) is 0.803. The fraction of sp³-hybridized carbons (Fsp3) is 0.500. The van der Waals surface area contributed by atoms with Crippen molar-refractivity contribution in [3.05, 3.63) is 29.6 Å². The van der Waals surface area contributed by atoms with Gasteiger partial charge in [-0.05, 0) is 38.1 Å². The van der Waals surface area contributed by atoms with E-state index in [1.807, 2.05) is 6.92 Å². The molecule has 6 nitrogen and oxygen atoms in total. The Labute approximate surface area is 136 Å². The molecule has 0 bridgehead atoms. The van der Waals surface area contributed by atoms with E-state index >= 15 is 0 Å². The highest BCUT2D eigenvalue weighted by molar-refractivity contribution is 5.95. The lowest BCUT2D eigenvalue weighted by atomic mass is 10.2. The predicted molar refractivity (Wildman–Crippen MR) is 85.7 cm³/mol. The highest BCUT2D eigenvalue weighted by Crippen LogP contribution is 2.18. The van der Waals surface area contributed by atoms with Crippen molar-refractivity contribution in [3.8, 4) is 5.75 Å². The molecule has 1 rings (SSSR count). The van der Waals surface area contributed by atoms with Crippen molar-refractivity contribution in [2.75, 3.05) is 20.2 Å². The summed E-state index contributed by atoms with van der Waals surface area (Å²) in [6.07, 6.45) is 0. The lowest BCUT2D eigenvalue weighted by Crippen LogP contribution is -2.46. The second-order valence-electron chi connectivity index (χ2n) is 5.45. The minimum atomic E-state index is -0.517. The summed E-state index contributed by atoms with van der Waals surface area (Å²) < 4.78 is 18.6. The van der Waals surface area contributed by atoms with Crippen LogP contribution in [0, 0.1) is 5.82 Å². The molecular weight excluding hydrogens is 301 g/mol. The van der Waals surface area contributed by atoms with Crippen LogP contribution < -0.4 is 15.4 Å². The fourth-order valence-corrected chi connectivity index (χ4v) is 2.01. The monoisotopic (exact) mass is 325 g/mol. The molecule has 0 unspecified atom stereocenters. The van der Waals surface area contributed by atoms with Crippen LogP contribution >= 0.6 is 0 Å². The SMILES string of the molecule is CCN(CC(=O)NC(=O)NC(C)C)Cc1ccc(OC)c(F)c1. The third kappa shape index (κ3) is 6.65. The number of carbonyl (C=O) groups is 2. The largest absolute Gasteiger partial charge is 0.494 e. The maximum Gasteiger partial charge on any atom is 0.321 e. The third-order valence-electron chi connectivity index (χ3n) is 3.11. The van der Waals surface area contributed by atoms with Crippen molar-refractivity contribution in [1.82, 2.24) is 15.5 Å². The molecule has 2 N–H and O–H groups in total. The van der Waals surface area contributed by atoms with Gasteiger partial charge in [0.2, 0.25) is 5.91 Å². The summed E-state index contributed by atoms with van der Waals surface area (Å²) >= 11 is 0. The first-order valence-corrected chi connectivity index (χ1v) is 7.50. The van der Waals surface area contributed by atoms with E-state index in [0.29, 0.717) is 13.1 Å². The number of hydrogen-bond donors (Lipinski definition) is 2. The zero-order valence-corrected chi connectivity index (χ0v) is 14.0. The maximum atomic E-state index is 13.7. The third-order valence-corrected chi connectivity index (χ3v) is 3.11. The van der Waals surface area contributed by atoms with E-state index < -0.39 is 17.8 Å². The Morgan fingerprint density at radius 2 is 2.04 bits per heavy atom. The molecule has 0 aliphatic heterocycles. The molecule has 1 aromatic rings. The first kappa shape index (κ1) is 18.9. The summed E-state index contributed by atoms with van der Waals surface area (Å²) in [4.78, 5) is 25.1. The smallest absolute Gasteiger partial charge is 0.321 e. The first-order chi connectivity index (χ1) is 10.8. The number of likely N-dealkylation sites (N-methyl/N-ethyl adjacent to an activating group) is 1. The van der Waals surface area contributed by atoms with Crippen LogP contribution in [0.2, 0.25) is 0 Å². The Hall–Kier alpha value is -2.15. The van der Waals surface area contributed by atoms with E-state index in [1.54, 1.807) is 30.9 Å². The number of amides is 3. The number of imide groups is 1.